The lowest BCUT2D eigenvalue weighted by Crippen LogP contribution is -2.47. The largest absolute Gasteiger partial charge is 0.490 e. The molecule has 3 amide bonds. The van der Waals surface area contributed by atoms with E-state index in [0.29, 0.717) is 30.2 Å². The number of aliphatic hydroxyl groups is 1. The predicted molar refractivity (Wildman–Crippen MR) is 143 cm³/mol. The molecule has 1 heterocycles. The number of urea groups is 1. The van der Waals surface area contributed by atoms with Crippen LogP contribution in [0.1, 0.15) is 64.2 Å². The summed E-state index contributed by atoms with van der Waals surface area (Å²) in [5, 5.41) is 15.6. The quantitative estimate of drug-likeness (QED) is 0.545. The van der Waals surface area contributed by atoms with Gasteiger partial charge in [0, 0.05) is 37.3 Å². The van der Waals surface area contributed by atoms with Gasteiger partial charge in [-0.2, -0.15) is 0 Å². The van der Waals surface area contributed by atoms with Gasteiger partial charge in [-0.15, -0.1) is 0 Å². The normalized spacial score (nSPS) is 23.0. The summed E-state index contributed by atoms with van der Waals surface area (Å²) in [4.78, 5) is 30.0. The third kappa shape index (κ3) is 9.26. The van der Waals surface area contributed by atoms with Crippen LogP contribution in [0.25, 0.3) is 0 Å². The SMILES string of the molecule is CC(C)NC(=O)Nc1ccc2c(c1)C(=O)N([C@H](C)CO)C[C@H](C)[C@H](CN(C)C)OCCCC[C@H](C)O2. The number of anilines is 1. The van der Waals surface area contributed by atoms with Crippen LogP contribution >= 0.6 is 0 Å². The molecule has 0 saturated heterocycles. The molecule has 1 aliphatic heterocycles. The van der Waals surface area contributed by atoms with E-state index in [2.05, 4.69) is 22.5 Å². The number of likely N-dealkylation sites (N-methyl/N-ethyl adjacent to an activating group) is 1. The van der Waals surface area contributed by atoms with Crippen molar-refractivity contribution >= 4 is 17.6 Å². The fraction of sp³-hybridized carbons (Fsp3) is 0.704. The first-order valence-electron chi connectivity index (χ1n) is 13.1. The van der Waals surface area contributed by atoms with E-state index in [1.54, 1.807) is 23.1 Å². The van der Waals surface area contributed by atoms with E-state index >= 15 is 0 Å². The van der Waals surface area contributed by atoms with Gasteiger partial charge in [0.2, 0.25) is 0 Å². The van der Waals surface area contributed by atoms with Crippen LogP contribution in [0.15, 0.2) is 18.2 Å². The number of carbonyl (C=O) groups excluding carboxylic acids is 2. The van der Waals surface area contributed by atoms with Gasteiger partial charge in [0.05, 0.1) is 30.4 Å². The summed E-state index contributed by atoms with van der Waals surface area (Å²) in [6, 6.07) is 4.37. The zero-order chi connectivity index (χ0) is 26.8. The summed E-state index contributed by atoms with van der Waals surface area (Å²) in [5.74, 6) is 0.261. The molecule has 3 N–H and O–H groups in total. The molecular weight excluding hydrogens is 460 g/mol. The van der Waals surface area contributed by atoms with E-state index in [0.717, 1.165) is 25.8 Å². The minimum atomic E-state index is -0.404. The highest BCUT2D eigenvalue weighted by atomic mass is 16.5. The Morgan fingerprint density at radius 3 is 2.58 bits per heavy atom. The number of hydrogen-bond donors (Lipinski definition) is 3. The Labute approximate surface area is 216 Å². The second-order valence-electron chi connectivity index (χ2n) is 10.5. The molecule has 1 aliphatic rings. The fourth-order valence-corrected chi connectivity index (χ4v) is 4.25. The molecule has 0 spiro atoms. The first-order chi connectivity index (χ1) is 17.0. The van der Waals surface area contributed by atoms with Crippen molar-refractivity contribution in [3.63, 3.8) is 0 Å². The Morgan fingerprint density at radius 2 is 1.94 bits per heavy atom. The van der Waals surface area contributed by atoms with Crippen LogP contribution in [0.2, 0.25) is 0 Å². The van der Waals surface area contributed by atoms with Crippen LogP contribution in [-0.2, 0) is 4.74 Å². The highest BCUT2D eigenvalue weighted by Gasteiger charge is 2.30. The molecule has 0 unspecified atom stereocenters. The number of aliphatic hydroxyl groups excluding tert-OH is 1. The number of ether oxygens (including phenoxy) is 2. The van der Waals surface area contributed by atoms with Gasteiger partial charge < -0.3 is 35.0 Å². The van der Waals surface area contributed by atoms with Gasteiger partial charge in [0.15, 0.2) is 0 Å². The molecule has 0 aliphatic carbocycles. The van der Waals surface area contributed by atoms with Gasteiger partial charge in [-0.3, -0.25) is 4.79 Å². The number of hydrogen-bond acceptors (Lipinski definition) is 6. The van der Waals surface area contributed by atoms with Gasteiger partial charge in [-0.05, 0) is 79.3 Å². The molecular formula is C27H46N4O5. The number of carbonyl (C=O) groups is 2. The lowest BCUT2D eigenvalue weighted by molar-refractivity contribution is -0.0137. The highest BCUT2D eigenvalue weighted by Crippen LogP contribution is 2.28. The van der Waals surface area contributed by atoms with Crippen LogP contribution in [0, 0.1) is 5.92 Å². The molecule has 0 saturated carbocycles. The second kappa shape index (κ2) is 14.4. The fourth-order valence-electron chi connectivity index (χ4n) is 4.25. The summed E-state index contributed by atoms with van der Waals surface area (Å²) >= 11 is 0. The Kier molecular flexibility index (Phi) is 11.9. The van der Waals surface area contributed by atoms with Crippen molar-refractivity contribution in [2.75, 3.05) is 45.7 Å². The minimum absolute atomic E-state index is 0.0205. The van der Waals surface area contributed by atoms with Crippen LogP contribution in [0.3, 0.4) is 0 Å². The van der Waals surface area contributed by atoms with Crippen LogP contribution in [0.5, 0.6) is 5.75 Å². The molecule has 0 bridgehead atoms. The molecule has 1 aromatic carbocycles. The van der Waals surface area contributed by atoms with E-state index in [-0.39, 0.29) is 42.7 Å². The maximum Gasteiger partial charge on any atom is 0.319 e. The Balaban J connectivity index is 2.46. The van der Waals surface area contributed by atoms with Gasteiger partial charge in [-0.25, -0.2) is 4.79 Å². The smallest absolute Gasteiger partial charge is 0.319 e. The number of rotatable bonds is 6. The molecule has 204 valence electrons. The second-order valence-corrected chi connectivity index (χ2v) is 10.5. The third-order valence-corrected chi connectivity index (χ3v) is 6.27. The van der Waals surface area contributed by atoms with Gasteiger partial charge in [0.1, 0.15) is 5.75 Å². The lowest BCUT2D eigenvalue weighted by Gasteiger charge is -2.35. The molecule has 9 heteroatoms. The zero-order valence-corrected chi connectivity index (χ0v) is 23.0. The molecule has 9 nitrogen and oxygen atoms in total. The first-order valence-corrected chi connectivity index (χ1v) is 13.1. The molecule has 0 fully saturated rings. The number of nitrogens with zero attached hydrogens (tertiary/aromatic N) is 2. The standard InChI is InChI=1S/C27H46N4O5/c1-18(2)28-27(34)29-22-11-12-24-23(14-22)26(33)31(20(4)17-32)15-19(3)25(16-30(6)7)35-13-9-8-10-21(5)36-24/h11-12,14,18-21,25,32H,8-10,13,15-17H2,1-7H3,(H2,28,29,34)/t19-,20+,21-,25-/m0/s1. The summed E-state index contributed by atoms with van der Waals surface area (Å²) in [6.45, 7) is 11.3. The number of fused-ring (bicyclic) bond motifs is 1. The zero-order valence-electron chi connectivity index (χ0n) is 23.0. The van der Waals surface area contributed by atoms with Crippen molar-refractivity contribution in [2.45, 2.75) is 78.2 Å². The molecule has 4 atom stereocenters. The van der Waals surface area contributed by atoms with Crippen molar-refractivity contribution in [3.05, 3.63) is 23.8 Å². The van der Waals surface area contributed by atoms with Gasteiger partial charge >= 0.3 is 6.03 Å². The average Bonchev–Trinajstić information content (AvgIpc) is 2.80. The number of benzene rings is 1. The lowest BCUT2D eigenvalue weighted by atomic mass is 10.0. The van der Waals surface area contributed by atoms with Crippen LogP contribution < -0.4 is 15.4 Å². The minimum Gasteiger partial charge on any atom is -0.490 e. The monoisotopic (exact) mass is 506 g/mol. The molecule has 2 rings (SSSR count). The van der Waals surface area contributed by atoms with Gasteiger partial charge in [-0.1, -0.05) is 6.92 Å². The summed E-state index contributed by atoms with van der Waals surface area (Å²) < 4.78 is 12.5. The Morgan fingerprint density at radius 1 is 1.22 bits per heavy atom. The Hall–Kier alpha value is -2.36. The van der Waals surface area contributed by atoms with Crippen molar-refractivity contribution in [1.29, 1.82) is 0 Å². The maximum absolute atomic E-state index is 14.0. The first kappa shape index (κ1) is 29.9. The number of amides is 3. The maximum atomic E-state index is 14.0. The van der Waals surface area contributed by atoms with Crippen LogP contribution in [-0.4, -0.2) is 91.5 Å². The average molecular weight is 507 g/mol. The highest BCUT2D eigenvalue weighted by molar-refractivity contribution is 5.99. The predicted octanol–water partition coefficient (Wildman–Crippen LogP) is 3.57. The van der Waals surface area contributed by atoms with E-state index in [4.69, 9.17) is 9.47 Å². The molecule has 0 radical (unpaired) electrons. The van der Waals surface area contributed by atoms with Gasteiger partial charge in [0.25, 0.3) is 5.91 Å². The summed E-state index contributed by atoms with van der Waals surface area (Å²) in [6.07, 6.45) is 2.57. The molecule has 36 heavy (non-hydrogen) atoms. The third-order valence-electron chi connectivity index (χ3n) is 6.27. The molecule has 1 aromatic rings. The van der Waals surface area contributed by atoms with E-state index in [1.807, 2.05) is 41.8 Å². The van der Waals surface area contributed by atoms with Crippen molar-refractivity contribution in [2.24, 2.45) is 5.92 Å². The van der Waals surface area contributed by atoms with E-state index in [1.165, 1.54) is 0 Å². The Bertz CT molecular complexity index is 847. The van der Waals surface area contributed by atoms with E-state index in [9.17, 15) is 14.7 Å². The van der Waals surface area contributed by atoms with E-state index < -0.39 is 6.04 Å². The van der Waals surface area contributed by atoms with Crippen molar-refractivity contribution < 1.29 is 24.2 Å². The molecule has 0 aromatic heterocycles. The van der Waals surface area contributed by atoms with Crippen LogP contribution in [0.4, 0.5) is 10.5 Å². The van der Waals surface area contributed by atoms with Crippen molar-refractivity contribution in [3.8, 4) is 5.75 Å². The summed E-state index contributed by atoms with van der Waals surface area (Å²) in [7, 11) is 4.03. The summed E-state index contributed by atoms with van der Waals surface area (Å²) in [5.41, 5.74) is 0.856. The topological polar surface area (TPSA) is 103 Å². The number of nitrogens with one attached hydrogen (secondary N) is 2. The van der Waals surface area contributed by atoms with Crippen molar-refractivity contribution in [1.82, 2.24) is 15.1 Å².